The van der Waals surface area contributed by atoms with Crippen molar-refractivity contribution in [3.8, 4) is 0 Å². The average molecular weight is 234 g/mol. The molecule has 1 heteroatoms. The van der Waals surface area contributed by atoms with Crippen molar-refractivity contribution in [3.63, 3.8) is 0 Å². The fourth-order valence-electron chi connectivity index (χ4n) is 2.51. The number of benzene rings is 3. The summed E-state index contributed by atoms with van der Waals surface area (Å²) < 4.78 is 0. The van der Waals surface area contributed by atoms with Crippen molar-refractivity contribution in [2.75, 3.05) is 0 Å². The van der Waals surface area contributed by atoms with E-state index >= 15 is 0 Å². The maximum absolute atomic E-state index is 11.5. The van der Waals surface area contributed by atoms with Crippen LogP contribution in [0.5, 0.6) is 0 Å². The monoisotopic (exact) mass is 234 g/mol. The summed E-state index contributed by atoms with van der Waals surface area (Å²) in [6.45, 7) is 3.73. The van der Waals surface area contributed by atoms with E-state index in [1.807, 2.05) is 24.3 Å². The highest BCUT2D eigenvalue weighted by atomic mass is 16.1. The number of Topliss-reactive ketones (excluding diaryl/α,β-unsaturated/α-hetero) is 1. The fourth-order valence-corrected chi connectivity index (χ4v) is 2.51. The van der Waals surface area contributed by atoms with E-state index in [-0.39, 0.29) is 5.78 Å². The topological polar surface area (TPSA) is 17.1 Å². The number of hydrogen-bond acceptors (Lipinski definition) is 1. The van der Waals surface area contributed by atoms with Crippen LogP contribution in [0, 0.1) is 6.92 Å². The van der Waals surface area contributed by atoms with Gasteiger partial charge < -0.3 is 0 Å². The quantitative estimate of drug-likeness (QED) is 0.447. The molecule has 0 saturated carbocycles. The average Bonchev–Trinajstić information content (AvgIpc) is 2.38. The van der Waals surface area contributed by atoms with Gasteiger partial charge >= 0.3 is 0 Å². The van der Waals surface area contributed by atoms with Gasteiger partial charge in [0.15, 0.2) is 5.78 Å². The molecular weight excluding hydrogens is 220 g/mol. The molecule has 18 heavy (non-hydrogen) atoms. The molecule has 0 heterocycles. The van der Waals surface area contributed by atoms with E-state index in [1.54, 1.807) is 6.92 Å². The van der Waals surface area contributed by atoms with E-state index in [2.05, 4.69) is 31.2 Å². The Balaban J connectivity index is 2.50. The molecule has 0 unspecified atom stereocenters. The molecule has 0 bridgehead atoms. The van der Waals surface area contributed by atoms with Gasteiger partial charge in [0, 0.05) is 5.56 Å². The Hall–Kier alpha value is -2.15. The number of aryl methyl sites for hydroxylation is 1. The third-order valence-electron chi connectivity index (χ3n) is 3.47. The first-order valence-corrected chi connectivity index (χ1v) is 6.10. The molecule has 0 aliphatic heterocycles. The van der Waals surface area contributed by atoms with Crippen molar-refractivity contribution < 1.29 is 4.79 Å². The van der Waals surface area contributed by atoms with Crippen LogP contribution in [0.2, 0.25) is 0 Å². The van der Waals surface area contributed by atoms with Gasteiger partial charge in [-0.05, 0) is 47.0 Å². The van der Waals surface area contributed by atoms with Gasteiger partial charge in [-0.15, -0.1) is 0 Å². The van der Waals surface area contributed by atoms with Crippen molar-refractivity contribution >= 4 is 27.3 Å². The van der Waals surface area contributed by atoms with Crippen LogP contribution < -0.4 is 0 Å². The van der Waals surface area contributed by atoms with Crippen molar-refractivity contribution in [3.05, 3.63) is 59.7 Å². The minimum atomic E-state index is 0.113. The lowest BCUT2D eigenvalue weighted by Gasteiger charge is -2.08. The summed E-state index contributed by atoms with van der Waals surface area (Å²) in [7, 11) is 0. The molecule has 0 aliphatic rings. The SMILES string of the molecule is CC(=O)c1ccc2cc(C)c3ccccc3c2c1. The molecule has 1 nitrogen and oxygen atoms in total. The normalized spacial score (nSPS) is 11.0. The first-order chi connectivity index (χ1) is 8.66. The summed E-state index contributed by atoms with van der Waals surface area (Å²) in [6.07, 6.45) is 0. The van der Waals surface area contributed by atoms with E-state index < -0.39 is 0 Å². The van der Waals surface area contributed by atoms with Crippen molar-refractivity contribution in [2.24, 2.45) is 0 Å². The zero-order valence-electron chi connectivity index (χ0n) is 10.5. The Labute approximate surface area is 106 Å². The number of rotatable bonds is 1. The maximum atomic E-state index is 11.5. The largest absolute Gasteiger partial charge is 0.295 e. The molecule has 88 valence electrons. The van der Waals surface area contributed by atoms with Crippen molar-refractivity contribution in [1.82, 2.24) is 0 Å². The Morgan fingerprint density at radius 1 is 0.889 bits per heavy atom. The van der Waals surface area contributed by atoms with Crippen LogP contribution in [-0.2, 0) is 0 Å². The van der Waals surface area contributed by atoms with Crippen LogP contribution in [0.3, 0.4) is 0 Å². The number of hydrogen-bond donors (Lipinski definition) is 0. The van der Waals surface area contributed by atoms with Gasteiger partial charge in [-0.1, -0.05) is 42.5 Å². The third-order valence-corrected chi connectivity index (χ3v) is 3.47. The number of carbonyl (C=O) groups is 1. The molecular formula is C17H14O. The maximum Gasteiger partial charge on any atom is 0.159 e. The summed E-state index contributed by atoms with van der Waals surface area (Å²) >= 11 is 0. The Morgan fingerprint density at radius 2 is 1.61 bits per heavy atom. The van der Waals surface area contributed by atoms with Crippen LogP contribution in [-0.4, -0.2) is 5.78 Å². The van der Waals surface area contributed by atoms with E-state index in [0.717, 1.165) is 10.9 Å². The standard InChI is InChI=1S/C17H14O/c1-11-9-14-8-7-13(12(2)18)10-17(14)16-6-4-3-5-15(11)16/h3-10H,1-2H3. The van der Waals surface area contributed by atoms with Crippen LogP contribution in [0.4, 0.5) is 0 Å². The summed E-state index contributed by atoms with van der Waals surface area (Å²) in [5.41, 5.74) is 2.05. The van der Waals surface area contributed by atoms with Gasteiger partial charge in [0.05, 0.1) is 0 Å². The zero-order valence-corrected chi connectivity index (χ0v) is 10.5. The summed E-state index contributed by atoms with van der Waals surface area (Å²) in [6, 6.07) is 16.5. The molecule has 0 saturated heterocycles. The molecule has 3 aromatic carbocycles. The lowest BCUT2D eigenvalue weighted by Crippen LogP contribution is -1.92. The number of carbonyl (C=O) groups excluding carboxylic acids is 1. The molecule has 0 aliphatic carbocycles. The number of ketones is 1. The number of fused-ring (bicyclic) bond motifs is 3. The smallest absolute Gasteiger partial charge is 0.159 e. The lowest BCUT2D eigenvalue weighted by atomic mass is 9.96. The van der Waals surface area contributed by atoms with Crippen molar-refractivity contribution in [1.29, 1.82) is 0 Å². The molecule has 0 fully saturated rings. The highest BCUT2D eigenvalue weighted by Crippen LogP contribution is 2.29. The third kappa shape index (κ3) is 1.60. The lowest BCUT2D eigenvalue weighted by molar-refractivity contribution is 0.101. The van der Waals surface area contributed by atoms with Crippen LogP contribution in [0.25, 0.3) is 21.5 Å². The Bertz CT molecular complexity index is 769. The van der Waals surface area contributed by atoms with Gasteiger partial charge in [0.25, 0.3) is 0 Å². The minimum absolute atomic E-state index is 0.113. The van der Waals surface area contributed by atoms with Crippen LogP contribution in [0.15, 0.2) is 48.5 Å². The first-order valence-electron chi connectivity index (χ1n) is 6.10. The first kappa shape index (κ1) is 11.0. The molecule has 0 atom stereocenters. The summed E-state index contributed by atoms with van der Waals surface area (Å²) in [5.74, 6) is 0.113. The highest BCUT2D eigenvalue weighted by molar-refractivity contribution is 6.11. The van der Waals surface area contributed by atoms with Crippen LogP contribution in [0.1, 0.15) is 22.8 Å². The molecule has 0 N–H and O–H groups in total. The minimum Gasteiger partial charge on any atom is -0.295 e. The van der Waals surface area contributed by atoms with E-state index in [0.29, 0.717) is 0 Å². The van der Waals surface area contributed by atoms with Gasteiger partial charge in [-0.25, -0.2) is 0 Å². The van der Waals surface area contributed by atoms with Gasteiger partial charge in [0.1, 0.15) is 0 Å². The molecule has 3 rings (SSSR count). The predicted octanol–water partition coefficient (Wildman–Crippen LogP) is 4.50. The highest BCUT2D eigenvalue weighted by Gasteiger charge is 2.06. The second kappa shape index (κ2) is 3.95. The van der Waals surface area contributed by atoms with E-state index in [9.17, 15) is 4.79 Å². The summed E-state index contributed by atoms with van der Waals surface area (Å²) in [4.78, 5) is 11.5. The van der Waals surface area contributed by atoms with Gasteiger partial charge in [-0.3, -0.25) is 4.79 Å². The van der Waals surface area contributed by atoms with Crippen molar-refractivity contribution in [2.45, 2.75) is 13.8 Å². The fraction of sp³-hybridized carbons (Fsp3) is 0.118. The zero-order chi connectivity index (χ0) is 12.7. The van der Waals surface area contributed by atoms with E-state index in [4.69, 9.17) is 0 Å². The molecule has 0 aromatic heterocycles. The van der Waals surface area contributed by atoms with Gasteiger partial charge in [0.2, 0.25) is 0 Å². The van der Waals surface area contributed by atoms with Gasteiger partial charge in [-0.2, -0.15) is 0 Å². The van der Waals surface area contributed by atoms with Crippen LogP contribution >= 0.6 is 0 Å². The summed E-state index contributed by atoms with van der Waals surface area (Å²) in [5, 5.41) is 4.82. The second-order valence-electron chi connectivity index (χ2n) is 4.73. The Kier molecular flexibility index (Phi) is 2.41. The van der Waals surface area contributed by atoms with E-state index in [1.165, 1.54) is 21.7 Å². The molecule has 3 aromatic rings. The Morgan fingerprint density at radius 3 is 2.33 bits per heavy atom. The molecule has 0 spiro atoms. The predicted molar refractivity (Wildman–Crippen MR) is 76.2 cm³/mol. The molecule has 0 radical (unpaired) electrons. The second-order valence-corrected chi connectivity index (χ2v) is 4.73. The molecule has 0 amide bonds.